The molecule has 2 rings (SSSR count). The summed E-state index contributed by atoms with van der Waals surface area (Å²) >= 11 is 0. The number of halogens is 1. The van der Waals surface area contributed by atoms with Crippen molar-refractivity contribution in [3.63, 3.8) is 0 Å². The van der Waals surface area contributed by atoms with E-state index >= 15 is 0 Å². The maximum Gasteiger partial charge on any atom is 0.257 e. The van der Waals surface area contributed by atoms with Gasteiger partial charge in [0.15, 0.2) is 0 Å². The molecule has 1 aliphatic heterocycles. The van der Waals surface area contributed by atoms with E-state index in [-0.39, 0.29) is 17.7 Å². The summed E-state index contributed by atoms with van der Waals surface area (Å²) in [4.78, 5) is 11.6. The quantitative estimate of drug-likeness (QED) is 0.838. The fourth-order valence-electron chi connectivity index (χ4n) is 2.16. The van der Waals surface area contributed by atoms with Crippen molar-refractivity contribution in [2.24, 2.45) is 0 Å². The normalized spacial score (nSPS) is 19.2. The van der Waals surface area contributed by atoms with Crippen LogP contribution in [0.4, 0.5) is 4.39 Å². The van der Waals surface area contributed by atoms with Gasteiger partial charge in [-0.05, 0) is 43.0 Å². The number of carbonyl (C=O) groups excluding carboxylic acids is 1. The predicted octanol–water partition coefficient (Wildman–Crippen LogP) is 1.85. The van der Waals surface area contributed by atoms with Crippen LogP contribution in [0, 0.1) is 5.82 Å². The van der Waals surface area contributed by atoms with Gasteiger partial charge in [0.1, 0.15) is 5.82 Å². The van der Waals surface area contributed by atoms with Gasteiger partial charge in [-0.15, -0.1) is 0 Å². The third-order valence-corrected chi connectivity index (χ3v) is 4.56. The molecule has 1 saturated heterocycles. The van der Waals surface area contributed by atoms with Crippen LogP contribution in [0.5, 0.6) is 0 Å². The number of amides is 1. The number of hydrogen-bond donors (Lipinski definition) is 1. The first-order chi connectivity index (χ1) is 10.4. The molecule has 1 fully saturated rings. The molecule has 7 heteroatoms. The topological polar surface area (TPSA) is 72.5 Å². The minimum Gasteiger partial charge on any atom is -0.377 e. The first-order valence-electron chi connectivity index (χ1n) is 7.04. The summed E-state index contributed by atoms with van der Waals surface area (Å²) in [5.41, 5.74) is 0.601. The fourth-order valence-corrected chi connectivity index (χ4v) is 3.37. The van der Waals surface area contributed by atoms with E-state index in [0.29, 0.717) is 18.6 Å². The minimum atomic E-state index is -3.73. The Morgan fingerprint density at radius 2 is 2.05 bits per heavy atom. The molecule has 1 amide bonds. The standard InChI is InChI=1S/C15H18FNO4S/c16-13-7-4-12(5-8-13)6-9-15(18)17-22(19,20)11-14-3-1-2-10-21-14/h4-9,14H,1-3,10-11H2,(H,17,18)/b9-6+/t14-/m0/s1. The Labute approximate surface area is 129 Å². The van der Waals surface area contributed by atoms with Crippen LogP contribution in [0.3, 0.4) is 0 Å². The van der Waals surface area contributed by atoms with Gasteiger partial charge in [0, 0.05) is 12.7 Å². The lowest BCUT2D eigenvalue weighted by atomic mass is 10.1. The van der Waals surface area contributed by atoms with Crippen molar-refractivity contribution in [3.8, 4) is 0 Å². The first-order valence-corrected chi connectivity index (χ1v) is 8.69. The van der Waals surface area contributed by atoms with Gasteiger partial charge in [-0.25, -0.2) is 17.5 Å². The van der Waals surface area contributed by atoms with Crippen molar-refractivity contribution < 1.29 is 22.3 Å². The summed E-state index contributed by atoms with van der Waals surface area (Å²) in [5, 5.41) is 0. The van der Waals surface area contributed by atoms with Gasteiger partial charge in [0.2, 0.25) is 10.0 Å². The van der Waals surface area contributed by atoms with E-state index in [1.54, 1.807) is 0 Å². The van der Waals surface area contributed by atoms with Crippen LogP contribution in [0.2, 0.25) is 0 Å². The smallest absolute Gasteiger partial charge is 0.257 e. The van der Waals surface area contributed by atoms with Gasteiger partial charge in [-0.3, -0.25) is 4.79 Å². The van der Waals surface area contributed by atoms with Crippen molar-refractivity contribution in [1.82, 2.24) is 4.72 Å². The SMILES string of the molecule is O=C(/C=C/c1ccc(F)cc1)NS(=O)(=O)C[C@@H]1CCCCO1. The Bertz CT molecular complexity index is 634. The molecular weight excluding hydrogens is 309 g/mol. The molecule has 1 heterocycles. The lowest BCUT2D eigenvalue weighted by Crippen LogP contribution is -2.37. The van der Waals surface area contributed by atoms with Crippen molar-refractivity contribution in [3.05, 3.63) is 41.7 Å². The van der Waals surface area contributed by atoms with Crippen LogP contribution in [0.25, 0.3) is 6.08 Å². The van der Waals surface area contributed by atoms with Gasteiger partial charge < -0.3 is 4.74 Å². The molecule has 1 N–H and O–H groups in total. The summed E-state index contributed by atoms with van der Waals surface area (Å²) in [7, 11) is -3.73. The highest BCUT2D eigenvalue weighted by atomic mass is 32.2. The van der Waals surface area contributed by atoms with Crippen LogP contribution < -0.4 is 4.72 Å². The van der Waals surface area contributed by atoms with Crippen molar-refractivity contribution >= 4 is 22.0 Å². The van der Waals surface area contributed by atoms with E-state index in [2.05, 4.69) is 0 Å². The highest BCUT2D eigenvalue weighted by Gasteiger charge is 2.22. The fraction of sp³-hybridized carbons (Fsp3) is 0.400. The second-order valence-corrected chi connectivity index (χ2v) is 6.89. The summed E-state index contributed by atoms with van der Waals surface area (Å²) in [6.45, 7) is 0.554. The molecule has 0 bridgehead atoms. The van der Waals surface area contributed by atoms with Crippen molar-refractivity contribution in [2.75, 3.05) is 12.4 Å². The number of ether oxygens (including phenoxy) is 1. The van der Waals surface area contributed by atoms with Crippen molar-refractivity contribution in [1.29, 1.82) is 0 Å². The molecule has 0 radical (unpaired) electrons. The molecule has 0 saturated carbocycles. The molecule has 0 spiro atoms. The molecule has 0 aromatic heterocycles. The van der Waals surface area contributed by atoms with E-state index in [0.717, 1.165) is 18.9 Å². The molecule has 0 unspecified atom stereocenters. The Hall–Kier alpha value is -1.73. The molecular formula is C15H18FNO4S. The number of rotatable bonds is 5. The van der Waals surface area contributed by atoms with Gasteiger partial charge in [0.25, 0.3) is 5.91 Å². The molecule has 1 aliphatic rings. The number of sulfonamides is 1. The largest absolute Gasteiger partial charge is 0.377 e. The lowest BCUT2D eigenvalue weighted by Gasteiger charge is -2.22. The number of nitrogens with one attached hydrogen (secondary N) is 1. The zero-order chi connectivity index (χ0) is 16.0. The maximum atomic E-state index is 12.7. The third kappa shape index (κ3) is 5.57. The highest BCUT2D eigenvalue weighted by molar-refractivity contribution is 7.90. The van der Waals surface area contributed by atoms with Crippen LogP contribution in [0.15, 0.2) is 30.3 Å². The van der Waals surface area contributed by atoms with E-state index in [4.69, 9.17) is 4.74 Å². The van der Waals surface area contributed by atoms with Crippen LogP contribution in [-0.4, -0.2) is 32.8 Å². The Kier molecular flexibility index (Phi) is 5.68. The van der Waals surface area contributed by atoms with E-state index in [1.165, 1.54) is 30.3 Å². The molecule has 1 atom stereocenters. The maximum absolute atomic E-state index is 12.7. The first kappa shape index (κ1) is 16.6. The Morgan fingerprint density at radius 1 is 1.32 bits per heavy atom. The number of hydrogen-bond acceptors (Lipinski definition) is 4. The van der Waals surface area contributed by atoms with Crippen LogP contribution in [-0.2, 0) is 19.6 Å². The molecule has 22 heavy (non-hydrogen) atoms. The Balaban J connectivity index is 1.88. The third-order valence-electron chi connectivity index (χ3n) is 3.23. The van der Waals surface area contributed by atoms with E-state index in [9.17, 15) is 17.6 Å². The molecule has 1 aromatic rings. The van der Waals surface area contributed by atoms with Crippen LogP contribution >= 0.6 is 0 Å². The van der Waals surface area contributed by atoms with Gasteiger partial charge in [-0.2, -0.15) is 0 Å². The summed E-state index contributed by atoms with van der Waals surface area (Å²) < 4.78 is 43.8. The van der Waals surface area contributed by atoms with Crippen molar-refractivity contribution in [2.45, 2.75) is 25.4 Å². The second kappa shape index (κ2) is 7.51. The average Bonchev–Trinajstić information content (AvgIpc) is 2.46. The van der Waals surface area contributed by atoms with Gasteiger partial charge >= 0.3 is 0 Å². The molecule has 5 nitrogen and oxygen atoms in total. The predicted molar refractivity (Wildman–Crippen MR) is 81.0 cm³/mol. The monoisotopic (exact) mass is 327 g/mol. The summed E-state index contributed by atoms with van der Waals surface area (Å²) in [6.07, 6.45) is 4.70. The second-order valence-electron chi connectivity index (χ2n) is 5.12. The Morgan fingerprint density at radius 3 is 2.68 bits per heavy atom. The molecule has 120 valence electrons. The van der Waals surface area contributed by atoms with E-state index in [1.807, 2.05) is 4.72 Å². The molecule has 0 aliphatic carbocycles. The summed E-state index contributed by atoms with van der Waals surface area (Å²) in [6, 6.07) is 5.50. The zero-order valence-corrected chi connectivity index (χ0v) is 12.8. The summed E-state index contributed by atoms with van der Waals surface area (Å²) in [5.74, 6) is -1.33. The van der Waals surface area contributed by atoms with Gasteiger partial charge in [-0.1, -0.05) is 12.1 Å². The highest BCUT2D eigenvalue weighted by Crippen LogP contribution is 2.14. The number of benzene rings is 1. The number of carbonyl (C=O) groups is 1. The average molecular weight is 327 g/mol. The molecule has 1 aromatic carbocycles. The minimum absolute atomic E-state index is 0.219. The van der Waals surface area contributed by atoms with E-state index < -0.39 is 15.9 Å². The zero-order valence-electron chi connectivity index (χ0n) is 12.0. The van der Waals surface area contributed by atoms with Gasteiger partial charge in [0.05, 0.1) is 11.9 Å². The lowest BCUT2D eigenvalue weighted by molar-refractivity contribution is -0.114. The van der Waals surface area contributed by atoms with Crippen LogP contribution in [0.1, 0.15) is 24.8 Å².